The lowest BCUT2D eigenvalue weighted by atomic mass is 10.2. The van der Waals surface area contributed by atoms with Crippen LogP contribution in [-0.2, 0) is 11.3 Å². The van der Waals surface area contributed by atoms with E-state index in [0.717, 1.165) is 11.3 Å². The first-order valence-corrected chi connectivity index (χ1v) is 8.33. The molecule has 0 aromatic heterocycles. The summed E-state index contributed by atoms with van der Waals surface area (Å²) >= 11 is 0. The molecule has 7 heteroatoms. The van der Waals surface area contributed by atoms with E-state index in [0.29, 0.717) is 31.2 Å². The van der Waals surface area contributed by atoms with E-state index in [4.69, 9.17) is 9.47 Å². The minimum Gasteiger partial charge on any atom is -0.486 e. The Balaban J connectivity index is 1.47. The van der Waals surface area contributed by atoms with Gasteiger partial charge >= 0.3 is 6.03 Å². The van der Waals surface area contributed by atoms with Crippen LogP contribution in [0.2, 0.25) is 0 Å². The third-order valence-electron chi connectivity index (χ3n) is 3.76. The van der Waals surface area contributed by atoms with Crippen LogP contribution < -0.4 is 20.1 Å². The number of hydrogen-bond donors (Lipinski definition) is 2. The number of carbonyl (C=O) groups excluding carboxylic acids is 2. The second-order valence-corrected chi connectivity index (χ2v) is 6.02. The van der Waals surface area contributed by atoms with Crippen molar-refractivity contribution in [3.05, 3.63) is 54.1 Å². The van der Waals surface area contributed by atoms with E-state index in [2.05, 4.69) is 10.6 Å². The summed E-state index contributed by atoms with van der Waals surface area (Å²) in [5.74, 6) is 1.07. The van der Waals surface area contributed by atoms with Crippen LogP contribution in [0.5, 0.6) is 11.5 Å². The average Bonchev–Trinajstić information content (AvgIpc) is 2.62. The van der Waals surface area contributed by atoms with Crippen molar-refractivity contribution >= 4 is 17.6 Å². The normalized spacial score (nSPS) is 12.5. The van der Waals surface area contributed by atoms with Crippen molar-refractivity contribution in [3.8, 4) is 11.5 Å². The zero-order valence-corrected chi connectivity index (χ0v) is 14.5. The highest BCUT2D eigenvalue weighted by molar-refractivity contribution is 6.01. The van der Waals surface area contributed by atoms with Gasteiger partial charge in [0, 0.05) is 12.2 Å². The Morgan fingerprint density at radius 1 is 1.04 bits per heavy atom. The number of fused-ring (bicyclic) bond motifs is 1. The van der Waals surface area contributed by atoms with Crippen molar-refractivity contribution in [2.45, 2.75) is 6.54 Å². The summed E-state index contributed by atoms with van der Waals surface area (Å²) in [4.78, 5) is 25.7. The lowest BCUT2D eigenvalue weighted by Gasteiger charge is -2.20. The van der Waals surface area contributed by atoms with Gasteiger partial charge < -0.3 is 14.8 Å². The van der Waals surface area contributed by atoms with Gasteiger partial charge in [0.05, 0.1) is 6.54 Å². The molecular weight excluding hydrogens is 334 g/mol. The summed E-state index contributed by atoms with van der Waals surface area (Å²) < 4.78 is 11.1. The van der Waals surface area contributed by atoms with Crippen LogP contribution in [0.25, 0.3) is 0 Å². The third-order valence-corrected chi connectivity index (χ3v) is 3.76. The Kier molecular flexibility index (Phi) is 5.70. The number of carbonyl (C=O) groups is 2. The number of hydrogen-bond acceptors (Lipinski definition) is 5. The molecule has 0 saturated heterocycles. The number of ether oxygens (including phenoxy) is 2. The third kappa shape index (κ3) is 4.97. The van der Waals surface area contributed by atoms with Gasteiger partial charge in [-0.15, -0.1) is 0 Å². The molecule has 1 aliphatic rings. The molecule has 0 radical (unpaired) electrons. The van der Waals surface area contributed by atoms with E-state index in [1.165, 1.54) is 0 Å². The van der Waals surface area contributed by atoms with Gasteiger partial charge in [-0.05, 0) is 36.9 Å². The Morgan fingerprint density at radius 3 is 2.54 bits per heavy atom. The zero-order valence-electron chi connectivity index (χ0n) is 14.5. The maximum Gasteiger partial charge on any atom is 0.325 e. The molecule has 0 fully saturated rings. The topological polar surface area (TPSA) is 79.9 Å². The van der Waals surface area contributed by atoms with Gasteiger partial charge in [0.2, 0.25) is 5.91 Å². The number of imide groups is 1. The largest absolute Gasteiger partial charge is 0.486 e. The van der Waals surface area contributed by atoms with E-state index in [1.54, 1.807) is 24.3 Å². The van der Waals surface area contributed by atoms with Gasteiger partial charge in [0.15, 0.2) is 11.5 Å². The van der Waals surface area contributed by atoms with Crippen molar-refractivity contribution in [1.82, 2.24) is 10.2 Å². The lowest BCUT2D eigenvalue weighted by molar-refractivity contribution is -0.120. The average molecular weight is 355 g/mol. The van der Waals surface area contributed by atoms with Crippen LogP contribution in [-0.4, -0.2) is 43.6 Å². The minimum atomic E-state index is -0.547. The van der Waals surface area contributed by atoms with Crippen molar-refractivity contribution in [3.63, 3.8) is 0 Å². The lowest BCUT2D eigenvalue weighted by Crippen LogP contribution is -2.40. The molecule has 0 spiro atoms. The Hall–Kier alpha value is -3.06. The van der Waals surface area contributed by atoms with Crippen LogP contribution >= 0.6 is 0 Å². The SMILES string of the molecule is CN(CC(=O)NC(=O)Nc1ccccc1)Cc1ccc2c(c1)OCCO2. The molecule has 7 nitrogen and oxygen atoms in total. The quantitative estimate of drug-likeness (QED) is 0.860. The van der Waals surface area contributed by atoms with Crippen molar-refractivity contribution in [1.29, 1.82) is 0 Å². The Bertz CT molecular complexity index is 780. The van der Waals surface area contributed by atoms with Crippen LogP contribution in [0, 0.1) is 0 Å². The van der Waals surface area contributed by atoms with Gasteiger partial charge in [0.1, 0.15) is 13.2 Å². The summed E-state index contributed by atoms with van der Waals surface area (Å²) in [5.41, 5.74) is 1.63. The molecule has 1 heterocycles. The molecule has 2 aromatic carbocycles. The molecule has 1 aliphatic heterocycles. The summed E-state index contributed by atoms with van der Waals surface area (Å²) in [7, 11) is 1.81. The predicted molar refractivity (Wildman–Crippen MR) is 97.4 cm³/mol. The molecule has 0 saturated carbocycles. The predicted octanol–water partition coefficient (Wildman–Crippen LogP) is 2.24. The monoisotopic (exact) mass is 355 g/mol. The van der Waals surface area contributed by atoms with Gasteiger partial charge in [-0.2, -0.15) is 0 Å². The molecule has 2 aromatic rings. The van der Waals surface area contributed by atoms with E-state index in [-0.39, 0.29) is 12.5 Å². The first-order chi connectivity index (χ1) is 12.6. The molecule has 0 unspecified atom stereocenters. The van der Waals surface area contributed by atoms with Gasteiger partial charge in [-0.3, -0.25) is 15.0 Å². The number of anilines is 1. The maximum absolute atomic E-state index is 12.0. The van der Waals surface area contributed by atoms with Gasteiger partial charge in [-0.1, -0.05) is 24.3 Å². The summed E-state index contributed by atoms with van der Waals surface area (Å²) in [6, 6.07) is 14.1. The van der Waals surface area contributed by atoms with Gasteiger partial charge in [0.25, 0.3) is 0 Å². The van der Waals surface area contributed by atoms with E-state index in [9.17, 15) is 9.59 Å². The fourth-order valence-electron chi connectivity index (χ4n) is 2.65. The number of nitrogens with one attached hydrogen (secondary N) is 2. The maximum atomic E-state index is 12.0. The van der Waals surface area contributed by atoms with Crippen molar-refractivity contribution < 1.29 is 19.1 Å². The minimum absolute atomic E-state index is 0.0939. The molecule has 3 amide bonds. The smallest absolute Gasteiger partial charge is 0.325 e. The summed E-state index contributed by atoms with van der Waals surface area (Å²) in [5, 5.41) is 4.93. The van der Waals surface area contributed by atoms with E-state index >= 15 is 0 Å². The zero-order chi connectivity index (χ0) is 18.4. The van der Waals surface area contributed by atoms with E-state index in [1.807, 2.05) is 36.2 Å². The van der Waals surface area contributed by atoms with Crippen molar-refractivity contribution in [2.24, 2.45) is 0 Å². The standard InChI is InChI=1S/C19H21N3O4/c1-22(12-14-7-8-16-17(11-14)26-10-9-25-16)13-18(23)21-19(24)20-15-5-3-2-4-6-15/h2-8,11H,9-10,12-13H2,1H3,(H2,20,21,23,24). The number of nitrogens with zero attached hydrogens (tertiary/aromatic N) is 1. The van der Waals surface area contributed by atoms with Crippen molar-refractivity contribution in [2.75, 3.05) is 32.1 Å². The Labute approximate surface area is 151 Å². The highest BCUT2D eigenvalue weighted by Gasteiger charge is 2.14. The number of rotatable bonds is 5. The Morgan fingerprint density at radius 2 is 1.77 bits per heavy atom. The molecule has 0 bridgehead atoms. The van der Waals surface area contributed by atoms with Crippen LogP contribution in [0.1, 0.15) is 5.56 Å². The molecule has 26 heavy (non-hydrogen) atoms. The number of likely N-dealkylation sites (N-methyl/N-ethyl adjacent to an activating group) is 1. The number of benzene rings is 2. The molecular formula is C19H21N3O4. The second-order valence-electron chi connectivity index (χ2n) is 6.02. The van der Waals surface area contributed by atoms with Crippen LogP contribution in [0.15, 0.2) is 48.5 Å². The molecule has 3 rings (SSSR count). The van der Waals surface area contributed by atoms with Crippen LogP contribution in [0.4, 0.5) is 10.5 Å². The first kappa shape index (κ1) is 17.8. The van der Waals surface area contributed by atoms with Gasteiger partial charge in [-0.25, -0.2) is 4.79 Å². The number of amides is 3. The molecule has 0 atom stereocenters. The molecule has 136 valence electrons. The fourth-order valence-corrected chi connectivity index (χ4v) is 2.65. The van der Waals surface area contributed by atoms with E-state index < -0.39 is 6.03 Å². The first-order valence-electron chi connectivity index (χ1n) is 8.33. The highest BCUT2D eigenvalue weighted by atomic mass is 16.6. The fraction of sp³-hybridized carbons (Fsp3) is 0.263. The summed E-state index contributed by atoms with van der Waals surface area (Å²) in [6.45, 7) is 1.73. The summed E-state index contributed by atoms with van der Waals surface area (Å²) in [6.07, 6.45) is 0. The molecule has 2 N–H and O–H groups in total. The second kappa shape index (κ2) is 8.35. The highest BCUT2D eigenvalue weighted by Crippen LogP contribution is 2.30. The number of urea groups is 1. The molecule has 0 aliphatic carbocycles. The van der Waals surface area contributed by atoms with Crippen LogP contribution in [0.3, 0.4) is 0 Å². The number of para-hydroxylation sites is 1.